The second-order valence-electron chi connectivity index (χ2n) is 5.94. The fourth-order valence-electron chi connectivity index (χ4n) is 2.03. The molecule has 0 spiro atoms. The zero-order chi connectivity index (χ0) is 14.6. The van der Waals surface area contributed by atoms with Crippen LogP contribution in [0.4, 0.5) is 4.79 Å². The van der Waals surface area contributed by atoms with Gasteiger partial charge in [-0.15, -0.1) is 0 Å². The van der Waals surface area contributed by atoms with Crippen molar-refractivity contribution in [3.05, 3.63) is 0 Å². The molecule has 0 aromatic heterocycles. The monoisotopic (exact) mass is 284 g/mol. The molecule has 2 heterocycles. The van der Waals surface area contributed by atoms with E-state index < -0.39 is 5.60 Å². The molecule has 114 valence electrons. The molecule has 0 aliphatic carbocycles. The maximum absolute atomic E-state index is 12.0. The Morgan fingerprint density at radius 3 is 2.65 bits per heavy atom. The molecule has 0 aromatic rings. The SMILES string of the molecule is CC(C)(C)OC(=O)N1CCN=C(NN2CCOCC2)C1. The lowest BCUT2D eigenvalue weighted by molar-refractivity contribution is 0.0200. The molecule has 7 heteroatoms. The molecule has 1 N–H and O–H groups in total. The van der Waals surface area contributed by atoms with Gasteiger partial charge in [-0.05, 0) is 20.8 Å². The number of hydrogen-bond acceptors (Lipinski definition) is 6. The van der Waals surface area contributed by atoms with Gasteiger partial charge in [-0.25, -0.2) is 9.80 Å². The number of rotatable bonds is 1. The van der Waals surface area contributed by atoms with Crippen LogP contribution in [-0.2, 0) is 9.47 Å². The summed E-state index contributed by atoms with van der Waals surface area (Å²) >= 11 is 0. The van der Waals surface area contributed by atoms with Crippen molar-refractivity contribution in [2.24, 2.45) is 4.99 Å². The highest BCUT2D eigenvalue weighted by molar-refractivity contribution is 5.87. The maximum atomic E-state index is 12.0. The van der Waals surface area contributed by atoms with Crippen LogP contribution in [0.2, 0.25) is 0 Å². The van der Waals surface area contributed by atoms with E-state index in [9.17, 15) is 4.79 Å². The van der Waals surface area contributed by atoms with E-state index in [4.69, 9.17) is 9.47 Å². The van der Waals surface area contributed by atoms with Crippen molar-refractivity contribution in [1.29, 1.82) is 0 Å². The Bertz CT molecular complexity index is 372. The first kappa shape index (κ1) is 15.1. The van der Waals surface area contributed by atoms with Gasteiger partial charge in [-0.3, -0.25) is 9.89 Å². The number of hydrazine groups is 1. The molecule has 20 heavy (non-hydrogen) atoms. The van der Waals surface area contributed by atoms with E-state index in [1.54, 1.807) is 4.90 Å². The molecule has 1 amide bonds. The average molecular weight is 284 g/mol. The highest BCUT2D eigenvalue weighted by Gasteiger charge is 2.25. The van der Waals surface area contributed by atoms with Gasteiger partial charge in [0.15, 0.2) is 0 Å². The first-order valence-electron chi connectivity index (χ1n) is 7.05. The number of amidine groups is 1. The van der Waals surface area contributed by atoms with Crippen molar-refractivity contribution in [1.82, 2.24) is 15.3 Å². The normalized spacial score (nSPS) is 21.4. The third kappa shape index (κ3) is 4.64. The third-order valence-corrected chi connectivity index (χ3v) is 2.96. The van der Waals surface area contributed by atoms with Gasteiger partial charge >= 0.3 is 6.09 Å². The van der Waals surface area contributed by atoms with E-state index in [-0.39, 0.29) is 6.09 Å². The number of amides is 1. The van der Waals surface area contributed by atoms with Gasteiger partial charge in [0.25, 0.3) is 0 Å². The number of hydrogen-bond donors (Lipinski definition) is 1. The summed E-state index contributed by atoms with van der Waals surface area (Å²) in [5.41, 5.74) is 2.79. The number of nitrogens with zero attached hydrogens (tertiary/aromatic N) is 3. The molecule has 0 unspecified atom stereocenters. The standard InChI is InChI=1S/C13H24N4O3/c1-13(2,3)20-12(18)16-5-4-14-11(10-16)15-17-6-8-19-9-7-17/h4-10H2,1-3H3,(H,14,15). The molecule has 2 aliphatic heterocycles. The fraction of sp³-hybridized carbons (Fsp3) is 0.846. The van der Waals surface area contributed by atoms with Gasteiger partial charge in [-0.2, -0.15) is 0 Å². The summed E-state index contributed by atoms with van der Waals surface area (Å²) < 4.78 is 10.7. The zero-order valence-corrected chi connectivity index (χ0v) is 12.5. The van der Waals surface area contributed by atoms with E-state index in [1.165, 1.54) is 0 Å². The van der Waals surface area contributed by atoms with Crippen LogP contribution in [0.25, 0.3) is 0 Å². The number of nitrogens with one attached hydrogen (secondary N) is 1. The maximum Gasteiger partial charge on any atom is 0.410 e. The van der Waals surface area contributed by atoms with Crippen molar-refractivity contribution in [3.63, 3.8) is 0 Å². The van der Waals surface area contributed by atoms with Gasteiger partial charge in [0, 0.05) is 19.6 Å². The number of carbonyl (C=O) groups excluding carboxylic acids is 1. The fourth-order valence-corrected chi connectivity index (χ4v) is 2.03. The molecule has 2 aliphatic rings. The van der Waals surface area contributed by atoms with Gasteiger partial charge in [0.2, 0.25) is 0 Å². The summed E-state index contributed by atoms with van der Waals surface area (Å²) in [7, 11) is 0. The first-order chi connectivity index (χ1) is 9.44. The highest BCUT2D eigenvalue weighted by Crippen LogP contribution is 2.11. The second-order valence-corrected chi connectivity index (χ2v) is 5.94. The first-order valence-corrected chi connectivity index (χ1v) is 7.05. The van der Waals surface area contributed by atoms with Crippen molar-refractivity contribution >= 4 is 11.9 Å². The summed E-state index contributed by atoms with van der Waals surface area (Å²) in [5, 5.41) is 2.07. The van der Waals surface area contributed by atoms with E-state index in [1.807, 2.05) is 20.8 Å². The predicted octanol–water partition coefficient (Wildman–Crippen LogP) is 0.472. The third-order valence-electron chi connectivity index (χ3n) is 2.96. The molecule has 0 saturated carbocycles. The van der Waals surface area contributed by atoms with Crippen LogP contribution in [0.1, 0.15) is 20.8 Å². The summed E-state index contributed by atoms with van der Waals surface area (Å²) in [5.74, 6) is 0.809. The highest BCUT2D eigenvalue weighted by atomic mass is 16.6. The zero-order valence-electron chi connectivity index (χ0n) is 12.5. The molecule has 0 aromatic carbocycles. The Kier molecular flexibility index (Phi) is 4.82. The minimum Gasteiger partial charge on any atom is -0.444 e. The Hall–Kier alpha value is -1.34. The van der Waals surface area contributed by atoms with E-state index in [2.05, 4.69) is 15.4 Å². The summed E-state index contributed by atoms with van der Waals surface area (Å²) in [6, 6.07) is 0. The number of ether oxygens (including phenoxy) is 2. The Labute approximate surface area is 119 Å². The van der Waals surface area contributed by atoms with Gasteiger partial charge in [0.05, 0.1) is 26.3 Å². The summed E-state index contributed by atoms with van der Waals surface area (Å²) in [6.45, 7) is 10.4. The Morgan fingerprint density at radius 2 is 2.00 bits per heavy atom. The lowest BCUT2D eigenvalue weighted by atomic mass is 10.2. The average Bonchev–Trinajstić information content (AvgIpc) is 2.38. The molecular formula is C13H24N4O3. The molecule has 0 bridgehead atoms. The second kappa shape index (κ2) is 6.41. The van der Waals surface area contributed by atoms with Crippen LogP contribution < -0.4 is 5.43 Å². The van der Waals surface area contributed by atoms with Gasteiger partial charge < -0.3 is 14.9 Å². The van der Waals surface area contributed by atoms with Crippen LogP contribution in [0.3, 0.4) is 0 Å². The lowest BCUT2D eigenvalue weighted by Crippen LogP contribution is -2.54. The van der Waals surface area contributed by atoms with Crippen LogP contribution in [0.5, 0.6) is 0 Å². The van der Waals surface area contributed by atoms with Crippen LogP contribution in [0.15, 0.2) is 4.99 Å². The summed E-state index contributed by atoms with van der Waals surface area (Å²) in [6.07, 6.45) is -0.284. The van der Waals surface area contributed by atoms with Crippen molar-refractivity contribution < 1.29 is 14.3 Å². The van der Waals surface area contributed by atoms with E-state index >= 15 is 0 Å². The van der Waals surface area contributed by atoms with Crippen molar-refractivity contribution in [2.45, 2.75) is 26.4 Å². The summed E-state index contributed by atoms with van der Waals surface area (Å²) in [4.78, 5) is 18.1. The predicted molar refractivity (Wildman–Crippen MR) is 75.6 cm³/mol. The van der Waals surface area contributed by atoms with Gasteiger partial charge in [-0.1, -0.05) is 0 Å². The van der Waals surface area contributed by atoms with Crippen LogP contribution in [0, 0.1) is 0 Å². The minimum atomic E-state index is -0.469. The number of aliphatic imine (C=N–C) groups is 1. The number of morpholine rings is 1. The van der Waals surface area contributed by atoms with Gasteiger partial charge in [0.1, 0.15) is 11.4 Å². The van der Waals surface area contributed by atoms with Crippen molar-refractivity contribution in [3.8, 4) is 0 Å². The molecule has 0 atom stereocenters. The smallest absolute Gasteiger partial charge is 0.410 e. The largest absolute Gasteiger partial charge is 0.444 e. The molecular weight excluding hydrogens is 260 g/mol. The van der Waals surface area contributed by atoms with E-state index in [0.29, 0.717) is 19.6 Å². The Morgan fingerprint density at radius 1 is 1.30 bits per heavy atom. The lowest BCUT2D eigenvalue weighted by Gasteiger charge is -2.33. The molecule has 7 nitrogen and oxygen atoms in total. The van der Waals surface area contributed by atoms with Crippen LogP contribution in [-0.4, -0.2) is 73.4 Å². The Balaban J connectivity index is 1.84. The van der Waals surface area contributed by atoms with Crippen molar-refractivity contribution in [2.75, 3.05) is 45.9 Å². The minimum absolute atomic E-state index is 0.284. The molecule has 1 saturated heterocycles. The quantitative estimate of drug-likeness (QED) is 0.758. The molecule has 2 rings (SSSR count). The topological polar surface area (TPSA) is 66.4 Å². The number of carbonyl (C=O) groups is 1. The molecule has 1 fully saturated rings. The van der Waals surface area contributed by atoms with E-state index in [0.717, 1.165) is 32.1 Å². The van der Waals surface area contributed by atoms with Crippen LogP contribution >= 0.6 is 0 Å². The molecule has 0 radical (unpaired) electrons.